The summed E-state index contributed by atoms with van der Waals surface area (Å²) in [5.41, 5.74) is 4.15. The fourth-order valence-corrected chi connectivity index (χ4v) is 1.52. The maximum Gasteiger partial charge on any atom is 0.0715 e. The summed E-state index contributed by atoms with van der Waals surface area (Å²) in [6, 6.07) is 6.66. The predicted octanol–water partition coefficient (Wildman–Crippen LogP) is 2.96. The average Bonchev–Trinajstić information content (AvgIpc) is 2.19. The van der Waals surface area contributed by atoms with E-state index < -0.39 is 0 Å². The van der Waals surface area contributed by atoms with Crippen molar-refractivity contribution in [1.82, 2.24) is 0 Å². The number of aryl methyl sites for hydroxylation is 2. The fraction of sp³-hybridized carbons (Fsp3) is 0.500. The molecule has 0 aliphatic rings. The molecule has 0 aromatic heterocycles. The van der Waals surface area contributed by atoms with Crippen LogP contribution in [0.1, 0.15) is 30.5 Å². The van der Waals surface area contributed by atoms with E-state index in [1.165, 1.54) is 16.7 Å². The molecule has 1 heteroatoms. The van der Waals surface area contributed by atoms with Crippen molar-refractivity contribution < 1.29 is 4.74 Å². The summed E-state index contributed by atoms with van der Waals surface area (Å²) < 4.78 is 5.14. The van der Waals surface area contributed by atoms with Crippen LogP contribution in [-0.2, 0) is 24.2 Å². The molecule has 0 saturated heterocycles. The smallest absolute Gasteiger partial charge is 0.0715 e. The van der Waals surface area contributed by atoms with Gasteiger partial charge in [0, 0.05) is 7.11 Å². The van der Waals surface area contributed by atoms with E-state index >= 15 is 0 Å². The monoisotopic (exact) mass is 178 g/mol. The van der Waals surface area contributed by atoms with Gasteiger partial charge in [-0.05, 0) is 29.5 Å². The normalized spacial score (nSPS) is 10.4. The van der Waals surface area contributed by atoms with Gasteiger partial charge in [0.2, 0.25) is 0 Å². The van der Waals surface area contributed by atoms with E-state index in [0.717, 1.165) is 19.4 Å². The molecule has 0 unspecified atom stereocenters. The molecule has 0 bridgehead atoms. The van der Waals surface area contributed by atoms with E-state index in [4.69, 9.17) is 4.74 Å². The minimum Gasteiger partial charge on any atom is -0.380 e. The van der Waals surface area contributed by atoms with E-state index in [1.54, 1.807) is 7.11 Å². The quantitative estimate of drug-likeness (QED) is 0.688. The maximum atomic E-state index is 5.14. The van der Waals surface area contributed by atoms with Gasteiger partial charge in [-0.3, -0.25) is 0 Å². The Labute approximate surface area is 80.7 Å². The van der Waals surface area contributed by atoms with E-state index in [1.807, 2.05) is 0 Å². The van der Waals surface area contributed by atoms with Crippen LogP contribution >= 0.6 is 0 Å². The lowest BCUT2D eigenvalue weighted by Crippen LogP contribution is -1.96. The van der Waals surface area contributed by atoms with Crippen LogP contribution in [0.4, 0.5) is 0 Å². The van der Waals surface area contributed by atoms with Gasteiger partial charge in [-0.2, -0.15) is 0 Å². The van der Waals surface area contributed by atoms with Crippen molar-refractivity contribution in [2.24, 2.45) is 0 Å². The molecule has 1 nitrogen and oxygen atoms in total. The first-order chi connectivity index (χ1) is 6.31. The van der Waals surface area contributed by atoms with Crippen molar-refractivity contribution in [2.45, 2.75) is 33.3 Å². The van der Waals surface area contributed by atoms with Crippen LogP contribution < -0.4 is 0 Å². The summed E-state index contributed by atoms with van der Waals surface area (Å²) in [5.74, 6) is 0. The van der Waals surface area contributed by atoms with Crippen LogP contribution in [0.5, 0.6) is 0 Å². The summed E-state index contributed by atoms with van der Waals surface area (Å²) in [7, 11) is 1.74. The molecule has 0 atom stereocenters. The van der Waals surface area contributed by atoms with Gasteiger partial charge in [-0.15, -0.1) is 0 Å². The van der Waals surface area contributed by atoms with Crippen LogP contribution in [0.25, 0.3) is 0 Å². The van der Waals surface area contributed by atoms with Crippen LogP contribution in [0.2, 0.25) is 0 Å². The van der Waals surface area contributed by atoms with E-state index in [2.05, 4.69) is 32.0 Å². The van der Waals surface area contributed by atoms with Crippen molar-refractivity contribution in [3.8, 4) is 0 Å². The Kier molecular flexibility index (Phi) is 3.97. The minimum atomic E-state index is 0.729. The SMILES string of the molecule is CCc1ccc(COC)c(CC)c1. The predicted molar refractivity (Wildman–Crippen MR) is 55.9 cm³/mol. The Morgan fingerprint density at radius 2 is 1.85 bits per heavy atom. The van der Waals surface area contributed by atoms with Crippen molar-refractivity contribution in [1.29, 1.82) is 0 Å². The molecule has 0 radical (unpaired) electrons. The van der Waals surface area contributed by atoms with Gasteiger partial charge in [-0.25, -0.2) is 0 Å². The van der Waals surface area contributed by atoms with Crippen molar-refractivity contribution in [3.63, 3.8) is 0 Å². The molecule has 0 heterocycles. The molecule has 0 spiro atoms. The van der Waals surface area contributed by atoms with Gasteiger partial charge in [0.25, 0.3) is 0 Å². The molecule has 13 heavy (non-hydrogen) atoms. The highest BCUT2D eigenvalue weighted by atomic mass is 16.5. The van der Waals surface area contributed by atoms with Crippen molar-refractivity contribution in [3.05, 3.63) is 34.9 Å². The Bertz CT molecular complexity index is 266. The zero-order chi connectivity index (χ0) is 9.68. The van der Waals surface area contributed by atoms with Crippen LogP contribution in [0.3, 0.4) is 0 Å². The molecule has 0 fully saturated rings. The van der Waals surface area contributed by atoms with Gasteiger partial charge in [-0.1, -0.05) is 32.0 Å². The number of hydrogen-bond donors (Lipinski definition) is 0. The van der Waals surface area contributed by atoms with Gasteiger partial charge < -0.3 is 4.74 Å². The number of ether oxygens (including phenoxy) is 1. The molecule has 0 amide bonds. The number of benzene rings is 1. The molecule has 72 valence electrons. The lowest BCUT2D eigenvalue weighted by atomic mass is 10.0. The molecule has 1 rings (SSSR count). The number of methoxy groups -OCH3 is 1. The van der Waals surface area contributed by atoms with E-state index in [-0.39, 0.29) is 0 Å². The Morgan fingerprint density at radius 3 is 2.38 bits per heavy atom. The van der Waals surface area contributed by atoms with E-state index in [0.29, 0.717) is 0 Å². The third kappa shape index (κ3) is 2.56. The summed E-state index contributed by atoms with van der Waals surface area (Å²) >= 11 is 0. The van der Waals surface area contributed by atoms with Gasteiger partial charge in [0.15, 0.2) is 0 Å². The third-order valence-electron chi connectivity index (χ3n) is 2.36. The highest BCUT2D eigenvalue weighted by Crippen LogP contribution is 2.14. The molecule has 1 aromatic carbocycles. The summed E-state index contributed by atoms with van der Waals surface area (Å²) in [5, 5.41) is 0. The molecule has 0 aliphatic carbocycles. The first-order valence-corrected chi connectivity index (χ1v) is 4.91. The second-order valence-corrected chi connectivity index (χ2v) is 3.24. The van der Waals surface area contributed by atoms with Crippen LogP contribution in [-0.4, -0.2) is 7.11 Å². The number of hydrogen-bond acceptors (Lipinski definition) is 1. The zero-order valence-electron chi connectivity index (χ0n) is 8.76. The molecular weight excluding hydrogens is 160 g/mol. The van der Waals surface area contributed by atoms with Crippen LogP contribution in [0.15, 0.2) is 18.2 Å². The first kappa shape index (κ1) is 10.3. The topological polar surface area (TPSA) is 9.23 Å². The summed E-state index contributed by atoms with van der Waals surface area (Å²) in [4.78, 5) is 0. The lowest BCUT2D eigenvalue weighted by Gasteiger charge is -2.08. The third-order valence-corrected chi connectivity index (χ3v) is 2.36. The molecule has 0 aliphatic heterocycles. The maximum absolute atomic E-state index is 5.14. The highest BCUT2D eigenvalue weighted by molar-refractivity contribution is 5.31. The first-order valence-electron chi connectivity index (χ1n) is 4.91. The fourth-order valence-electron chi connectivity index (χ4n) is 1.52. The highest BCUT2D eigenvalue weighted by Gasteiger charge is 2.00. The Morgan fingerprint density at radius 1 is 1.08 bits per heavy atom. The molecule has 1 aromatic rings. The Hall–Kier alpha value is -0.820. The van der Waals surface area contributed by atoms with Crippen molar-refractivity contribution >= 4 is 0 Å². The van der Waals surface area contributed by atoms with Gasteiger partial charge >= 0.3 is 0 Å². The van der Waals surface area contributed by atoms with E-state index in [9.17, 15) is 0 Å². The summed E-state index contributed by atoms with van der Waals surface area (Å²) in [6.45, 7) is 5.10. The summed E-state index contributed by atoms with van der Waals surface area (Å²) in [6.07, 6.45) is 2.20. The molecular formula is C12H18O. The Balaban J connectivity index is 2.93. The minimum absolute atomic E-state index is 0.729. The molecule has 0 saturated carbocycles. The zero-order valence-corrected chi connectivity index (χ0v) is 8.76. The average molecular weight is 178 g/mol. The second-order valence-electron chi connectivity index (χ2n) is 3.24. The van der Waals surface area contributed by atoms with Crippen molar-refractivity contribution in [2.75, 3.05) is 7.11 Å². The lowest BCUT2D eigenvalue weighted by molar-refractivity contribution is 0.184. The van der Waals surface area contributed by atoms with Gasteiger partial charge in [0.1, 0.15) is 0 Å². The number of rotatable bonds is 4. The van der Waals surface area contributed by atoms with Gasteiger partial charge in [0.05, 0.1) is 6.61 Å². The standard InChI is InChI=1S/C12H18O/c1-4-10-6-7-12(9-13-3)11(5-2)8-10/h6-8H,4-5,9H2,1-3H3. The largest absolute Gasteiger partial charge is 0.380 e. The van der Waals surface area contributed by atoms with Crippen LogP contribution in [0, 0.1) is 0 Å². The molecule has 0 N–H and O–H groups in total. The second kappa shape index (κ2) is 5.03.